The molecule has 9 heteroatoms. The van der Waals surface area contributed by atoms with Crippen LogP contribution in [0.15, 0.2) is 48.5 Å². The zero-order valence-corrected chi connectivity index (χ0v) is 15.0. The van der Waals surface area contributed by atoms with Crippen LogP contribution in [0.2, 0.25) is 0 Å². The Morgan fingerprint density at radius 2 is 1.07 bits per heavy atom. The molecule has 142 valence electrons. The number of nitrogens with zero attached hydrogens (tertiary/aromatic N) is 4. The fourth-order valence-electron chi connectivity index (χ4n) is 3.53. The predicted molar refractivity (Wildman–Crippen MR) is 97.7 cm³/mol. The van der Waals surface area contributed by atoms with Crippen LogP contribution in [-0.2, 0) is 13.1 Å². The fraction of sp³-hybridized carbons (Fsp3) is 0.100. The van der Waals surface area contributed by atoms with E-state index in [2.05, 4.69) is 15.2 Å². The molecule has 4 amide bonds. The Balaban J connectivity index is 1.33. The number of benzene rings is 2. The summed E-state index contributed by atoms with van der Waals surface area (Å²) in [5.74, 6) is -1.11. The highest BCUT2D eigenvalue weighted by atomic mass is 16.2. The van der Waals surface area contributed by atoms with E-state index >= 15 is 0 Å². The molecule has 0 fully saturated rings. The molecule has 0 spiro atoms. The zero-order valence-electron chi connectivity index (χ0n) is 15.0. The highest BCUT2D eigenvalue weighted by molar-refractivity contribution is 6.21. The van der Waals surface area contributed by atoms with Crippen LogP contribution >= 0.6 is 0 Å². The molecule has 0 aliphatic carbocycles. The van der Waals surface area contributed by atoms with Crippen LogP contribution in [0, 0.1) is 0 Å². The van der Waals surface area contributed by atoms with Gasteiger partial charge in [0.05, 0.1) is 35.3 Å². The number of fused-ring (bicyclic) bond motifs is 2. The van der Waals surface area contributed by atoms with E-state index in [9.17, 15) is 19.2 Å². The Kier molecular flexibility index (Phi) is 3.63. The molecule has 0 saturated carbocycles. The van der Waals surface area contributed by atoms with Gasteiger partial charge in [0, 0.05) is 0 Å². The standard InChI is InChI=1S/C20H13N5O4/c26-17-11-5-1-2-6-12(11)18(27)24(17)9-15-21-16(23-22-15)10-25-19(28)13-7-3-4-8-14(13)20(25)29/h1-8H,9-10H2,(H,21,22,23). The summed E-state index contributed by atoms with van der Waals surface area (Å²) < 4.78 is 0. The molecule has 1 aromatic heterocycles. The summed E-state index contributed by atoms with van der Waals surface area (Å²) >= 11 is 0. The third-order valence-corrected chi connectivity index (χ3v) is 4.94. The Bertz CT molecular complexity index is 1050. The second kappa shape index (κ2) is 6.20. The summed E-state index contributed by atoms with van der Waals surface area (Å²) in [6.45, 7) is -0.188. The SMILES string of the molecule is O=C1c2ccccc2C(=O)N1Cc1n[nH]c(CN2C(=O)c3ccccc3C2=O)n1. The molecule has 3 aromatic rings. The van der Waals surface area contributed by atoms with Crippen molar-refractivity contribution in [2.24, 2.45) is 0 Å². The van der Waals surface area contributed by atoms with E-state index in [4.69, 9.17) is 0 Å². The average molecular weight is 387 g/mol. The van der Waals surface area contributed by atoms with E-state index in [0.717, 1.165) is 9.80 Å². The van der Waals surface area contributed by atoms with E-state index in [1.54, 1.807) is 48.5 Å². The van der Waals surface area contributed by atoms with Crippen LogP contribution in [0.3, 0.4) is 0 Å². The van der Waals surface area contributed by atoms with Gasteiger partial charge in [-0.15, -0.1) is 0 Å². The number of aromatic amines is 1. The summed E-state index contributed by atoms with van der Waals surface area (Å²) in [5, 5.41) is 6.69. The Morgan fingerprint density at radius 3 is 1.52 bits per heavy atom. The van der Waals surface area contributed by atoms with Crippen LogP contribution < -0.4 is 0 Å². The van der Waals surface area contributed by atoms with E-state index in [1.165, 1.54) is 0 Å². The van der Waals surface area contributed by atoms with Gasteiger partial charge >= 0.3 is 0 Å². The van der Waals surface area contributed by atoms with Crippen molar-refractivity contribution in [3.05, 3.63) is 82.4 Å². The maximum Gasteiger partial charge on any atom is 0.261 e. The molecular weight excluding hydrogens is 374 g/mol. The minimum Gasteiger partial charge on any atom is -0.269 e. The van der Waals surface area contributed by atoms with Crippen molar-refractivity contribution in [2.45, 2.75) is 13.1 Å². The lowest BCUT2D eigenvalue weighted by Crippen LogP contribution is -2.30. The third-order valence-electron chi connectivity index (χ3n) is 4.94. The van der Waals surface area contributed by atoms with E-state index < -0.39 is 23.6 Å². The minimum atomic E-state index is -0.405. The lowest BCUT2D eigenvalue weighted by atomic mass is 10.1. The smallest absolute Gasteiger partial charge is 0.261 e. The average Bonchev–Trinajstić information content (AvgIpc) is 3.36. The molecule has 29 heavy (non-hydrogen) atoms. The monoisotopic (exact) mass is 387 g/mol. The quantitative estimate of drug-likeness (QED) is 0.677. The van der Waals surface area contributed by atoms with Gasteiger partial charge in [-0.2, -0.15) is 5.10 Å². The van der Waals surface area contributed by atoms with Gasteiger partial charge in [-0.05, 0) is 24.3 Å². The summed E-state index contributed by atoms with van der Waals surface area (Å²) in [5.41, 5.74) is 1.39. The normalized spacial score (nSPS) is 15.3. The second-order valence-electron chi connectivity index (χ2n) is 6.68. The Labute approximate surface area is 164 Å². The summed E-state index contributed by atoms with van der Waals surface area (Å²) in [7, 11) is 0. The first-order valence-corrected chi connectivity index (χ1v) is 8.85. The molecule has 0 atom stereocenters. The van der Waals surface area contributed by atoms with E-state index in [-0.39, 0.29) is 24.7 Å². The molecule has 0 unspecified atom stereocenters. The predicted octanol–water partition coefficient (Wildman–Crippen LogP) is 1.40. The van der Waals surface area contributed by atoms with Gasteiger partial charge in [-0.3, -0.25) is 34.1 Å². The van der Waals surface area contributed by atoms with Crippen LogP contribution in [0.1, 0.15) is 53.1 Å². The number of hydrogen-bond donors (Lipinski definition) is 1. The van der Waals surface area contributed by atoms with Crippen molar-refractivity contribution in [3.63, 3.8) is 0 Å². The minimum absolute atomic E-state index is 0.0819. The molecule has 2 aliphatic rings. The lowest BCUT2D eigenvalue weighted by molar-refractivity contribution is 0.0626. The number of rotatable bonds is 4. The number of aromatic nitrogens is 3. The third kappa shape index (κ3) is 2.55. The lowest BCUT2D eigenvalue weighted by Gasteiger charge is -2.11. The topological polar surface area (TPSA) is 116 Å². The number of imide groups is 2. The fourth-order valence-corrected chi connectivity index (χ4v) is 3.53. The Morgan fingerprint density at radius 1 is 0.655 bits per heavy atom. The first-order valence-electron chi connectivity index (χ1n) is 8.85. The van der Waals surface area contributed by atoms with Gasteiger partial charge in [0.2, 0.25) is 0 Å². The highest BCUT2D eigenvalue weighted by Gasteiger charge is 2.37. The van der Waals surface area contributed by atoms with Crippen LogP contribution in [0.25, 0.3) is 0 Å². The summed E-state index contributed by atoms with van der Waals surface area (Å²) in [6, 6.07) is 13.2. The zero-order chi connectivity index (χ0) is 20.1. The molecule has 3 heterocycles. The largest absolute Gasteiger partial charge is 0.269 e. The van der Waals surface area contributed by atoms with Crippen molar-refractivity contribution < 1.29 is 19.2 Å². The van der Waals surface area contributed by atoms with E-state index in [1.807, 2.05) is 0 Å². The molecule has 2 aromatic carbocycles. The number of carbonyl (C=O) groups excluding carboxylic acids is 4. The van der Waals surface area contributed by atoms with E-state index in [0.29, 0.717) is 22.3 Å². The van der Waals surface area contributed by atoms with Crippen molar-refractivity contribution in [3.8, 4) is 0 Å². The number of hydrogen-bond acceptors (Lipinski definition) is 6. The van der Waals surface area contributed by atoms with Gasteiger partial charge in [-0.1, -0.05) is 24.3 Å². The summed E-state index contributed by atoms with van der Waals surface area (Å²) in [6.07, 6.45) is 0. The van der Waals surface area contributed by atoms with Crippen LogP contribution in [0.5, 0.6) is 0 Å². The number of H-pyrrole nitrogens is 1. The maximum absolute atomic E-state index is 12.5. The molecule has 5 rings (SSSR count). The highest BCUT2D eigenvalue weighted by Crippen LogP contribution is 2.25. The molecule has 0 bridgehead atoms. The maximum atomic E-state index is 12.5. The molecular formula is C20H13N5O4. The van der Waals surface area contributed by atoms with Gasteiger partial charge in [0.25, 0.3) is 23.6 Å². The van der Waals surface area contributed by atoms with Crippen LogP contribution in [-0.4, -0.2) is 48.6 Å². The van der Waals surface area contributed by atoms with Crippen molar-refractivity contribution in [2.75, 3.05) is 0 Å². The van der Waals surface area contributed by atoms with Gasteiger partial charge in [0.15, 0.2) is 5.82 Å². The number of carbonyl (C=O) groups is 4. The Hall–Kier alpha value is -4.14. The molecule has 2 aliphatic heterocycles. The number of amides is 4. The van der Waals surface area contributed by atoms with Crippen LogP contribution in [0.4, 0.5) is 0 Å². The van der Waals surface area contributed by atoms with Crippen molar-refractivity contribution in [1.29, 1.82) is 0 Å². The molecule has 0 radical (unpaired) electrons. The first kappa shape index (κ1) is 17.0. The molecule has 9 nitrogen and oxygen atoms in total. The van der Waals surface area contributed by atoms with Gasteiger partial charge in [-0.25, -0.2) is 4.98 Å². The molecule has 0 saturated heterocycles. The second-order valence-corrected chi connectivity index (χ2v) is 6.68. The number of nitrogens with one attached hydrogen (secondary N) is 1. The van der Waals surface area contributed by atoms with Gasteiger partial charge < -0.3 is 0 Å². The van der Waals surface area contributed by atoms with Crippen molar-refractivity contribution >= 4 is 23.6 Å². The molecule has 1 N–H and O–H groups in total. The first-order chi connectivity index (χ1) is 14.0. The summed E-state index contributed by atoms with van der Waals surface area (Å²) in [4.78, 5) is 56.2. The van der Waals surface area contributed by atoms with Crippen molar-refractivity contribution in [1.82, 2.24) is 25.0 Å². The van der Waals surface area contributed by atoms with Gasteiger partial charge in [0.1, 0.15) is 5.82 Å².